The second-order valence-corrected chi connectivity index (χ2v) is 6.25. The number of carbonyl (C=O) groups is 3. The minimum atomic E-state index is -0.548. The first-order valence-corrected chi connectivity index (χ1v) is 8.85. The lowest BCUT2D eigenvalue weighted by Gasteiger charge is -2.26. The number of amides is 2. The SMILES string of the molecule is COC(=O)c1ccccc1NC(=O)c1cccc(C(=O)N2CCCCC2)n1. The molecule has 0 spiro atoms. The second kappa shape index (κ2) is 8.44. The molecule has 0 atom stereocenters. The van der Waals surface area contributed by atoms with Gasteiger partial charge in [0.1, 0.15) is 11.4 Å². The van der Waals surface area contributed by atoms with E-state index in [2.05, 4.69) is 10.3 Å². The lowest BCUT2D eigenvalue weighted by molar-refractivity contribution is 0.0601. The van der Waals surface area contributed by atoms with E-state index >= 15 is 0 Å². The molecule has 1 N–H and O–H groups in total. The van der Waals surface area contributed by atoms with Crippen LogP contribution >= 0.6 is 0 Å². The van der Waals surface area contributed by atoms with Crippen LogP contribution in [0.4, 0.5) is 5.69 Å². The number of benzene rings is 1. The third-order valence-corrected chi connectivity index (χ3v) is 4.42. The van der Waals surface area contributed by atoms with Gasteiger partial charge in [0.2, 0.25) is 0 Å². The first-order valence-electron chi connectivity index (χ1n) is 8.85. The number of carbonyl (C=O) groups excluding carboxylic acids is 3. The fraction of sp³-hybridized carbons (Fsp3) is 0.300. The Morgan fingerprint density at radius 3 is 2.41 bits per heavy atom. The van der Waals surface area contributed by atoms with Gasteiger partial charge in [-0.15, -0.1) is 0 Å². The highest BCUT2D eigenvalue weighted by Crippen LogP contribution is 2.17. The molecule has 2 heterocycles. The Morgan fingerprint density at radius 1 is 0.963 bits per heavy atom. The van der Waals surface area contributed by atoms with E-state index in [9.17, 15) is 14.4 Å². The predicted molar refractivity (Wildman–Crippen MR) is 99.7 cm³/mol. The molecular formula is C20H21N3O4. The summed E-state index contributed by atoms with van der Waals surface area (Å²) in [6, 6.07) is 11.3. The van der Waals surface area contributed by atoms with Crippen molar-refractivity contribution in [2.75, 3.05) is 25.5 Å². The molecule has 27 heavy (non-hydrogen) atoms. The highest BCUT2D eigenvalue weighted by Gasteiger charge is 2.21. The number of hydrogen-bond acceptors (Lipinski definition) is 5. The molecular weight excluding hydrogens is 346 g/mol. The number of para-hydroxylation sites is 1. The number of esters is 1. The quantitative estimate of drug-likeness (QED) is 0.840. The van der Waals surface area contributed by atoms with Crippen molar-refractivity contribution < 1.29 is 19.1 Å². The average molecular weight is 367 g/mol. The summed E-state index contributed by atoms with van der Waals surface area (Å²) in [6.07, 6.45) is 3.09. The number of aromatic nitrogens is 1. The van der Waals surface area contributed by atoms with Crippen molar-refractivity contribution >= 4 is 23.5 Å². The monoisotopic (exact) mass is 367 g/mol. The number of methoxy groups -OCH3 is 1. The van der Waals surface area contributed by atoms with Gasteiger partial charge in [-0.05, 0) is 43.5 Å². The molecule has 1 aromatic heterocycles. The Kier molecular flexibility index (Phi) is 5.80. The number of nitrogens with zero attached hydrogens (tertiary/aromatic N) is 2. The van der Waals surface area contributed by atoms with Gasteiger partial charge < -0.3 is 15.0 Å². The Hall–Kier alpha value is -3.22. The van der Waals surface area contributed by atoms with E-state index in [4.69, 9.17) is 4.74 Å². The van der Waals surface area contributed by atoms with E-state index in [0.717, 1.165) is 19.3 Å². The lowest BCUT2D eigenvalue weighted by atomic mass is 10.1. The smallest absolute Gasteiger partial charge is 0.339 e. The van der Waals surface area contributed by atoms with Crippen LogP contribution in [0.2, 0.25) is 0 Å². The van der Waals surface area contributed by atoms with Gasteiger partial charge in [0.05, 0.1) is 18.4 Å². The maximum Gasteiger partial charge on any atom is 0.339 e. The Morgan fingerprint density at radius 2 is 1.67 bits per heavy atom. The average Bonchev–Trinajstić information content (AvgIpc) is 2.73. The standard InChI is InChI=1S/C20H21N3O4/c1-27-20(26)14-8-3-4-9-15(14)22-18(24)16-10-7-11-17(21-16)19(25)23-12-5-2-6-13-23/h3-4,7-11H,2,5-6,12-13H2,1H3,(H,22,24). The normalized spacial score (nSPS) is 13.7. The summed E-state index contributed by atoms with van der Waals surface area (Å²) in [5.74, 6) is -1.22. The van der Waals surface area contributed by atoms with Gasteiger partial charge in [0.15, 0.2) is 0 Å². The summed E-state index contributed by atoms with van der Waals surface area (Å²) in [5, 5.41) is 2.66. The summed E-state index contributed by atoms with van der Waals surface area (Å²) in [6.45, 7) is 1.42. The zero-order valence-electron chi connectivity index (χ0n) is 15.1. The van der Waals surface area contributed by atoms with E-state index in [-0.39, 0.29) is 22.9 Å². The molecule has 7 heteroatoms. The molecule has 1 saturated heterocycles. The maximum absolute atomic E-state index is 12.6. The number of hydrogen-bond donors (Lipinski definition) is 1. The molecule has 2 amide bonds. The van der Waals surface area contributed by atoms with E-state index < -0.39 is 11.9 Å². The molecule has 0 aliphatic carbocycles. The molecule has 140 valence electrons. The third-order valence-electron chi connectivity index (χ3n) is 4.42. The van der Waals surface area contributed by atoms with Crippen LogP contribution in [0.15, 0.2) is 42.5 Å². The van der Waals surface area contributed by atoms with Crippen molar-refractivity contribution in [1.82, 2.24) is 9.88 Å². The summed E-state index contributed by atoms with van der Waals surface area (Å²) >= 11 is 0. The number of likely N-dealkylation sites (tertiary alicyclic amines) is 1. The molecule has 0 bridgehead atoms. The van der Waals surface area contributed by atoms with Gasteiger partial charge in [-0.3, -0.25) is 9.59 Å². The summed E-state index contributed by atoms with van der Waals surface area (Å²) in [4.78, 5) is 43.0. The summed E-state index contributed by atoms with van der Waals surface area (Å²) in [7, 11) is 1.28. The second-order valence-electron chi connectivity index (χ2n) is 6.25. The van der Waals surface area contributed by atoms with Crippen molar-refractivity contribution in [3.8, 4) is 0 Å². The fourth-order valence-corrected chi connectivity index (χ4v) is 3.01. The number of piperidine rings is 1. The molecule has 1 aromatic carbocycles. The van der Waals surface area contributed by atoms with Gasteiger partial charge in [-0.2, -0.15) is 0 Å². The van der Waals surface area contributed by atoms with Crippen LogP contribution in [0.5, 0.6) is 0 Å². The topological polar surface area (TPSA) is 88.6 Å². The van der Waals surface area contributed by atoms with Crippen molar-refractivity contribution in [1.29, 1.82) is 0 Å². The fourth-order valence-electron chi connectivity index (χ4n) is 3.01. The number of anilines is 1. The number of ether oxygens (including phenoxy) is 1. The first-order chi connectivity index (χ1) is 13.1. The van der Waals surface area contributed by atoms with E-state index in [0.29, 0.717) is 18.8 Å². The van der Waals surface area contributed by atoms with Gasteiger partial charge in [-0.25, -0.2) is 9.78 Å². The van der Waals surface area contributed by atoms with Crippen LogP contribution in [0.25, 0.3) is 0 Å². The Bertz CT molecular complexity index is 860. The van der Waals surface area contributed by atoms with E-state index in [1.807, 2.05) is 0 Å². The van der Waals surface area contributed by atoms with E-state index in [1.165, 1.54) is 13.2 Å². The van der Waals surface area contributed by atoms with Gasteiger partial charge in [0.25, 0.3) is 11.8 Å². The maximum atomic E-state index is 12.6. The highest BCUT2D eigenvalue weighted by molar-refractivity contribution is 6.07. The van der Waals surface area contributed by atoms with Crippen molar-refractivity contribution in [3.63, 3.8) is 0 Å². The van der Waals surface area contributed by atoms with Crippen LogP contribution in [-0.2, 0) is 4.74 Å². The largest absolute Gasteiger partial charge is 0.465 e. The van der Waals surface area contributed by atoms with Crippen LogP contribution < -0.4 is 5.32 Å². The molecule has 0 saturated carbocycles. The van der Waals surface area contributed by atoms with Crippen molar-refractivity contribution in [2.24, 2.45) is 0 Å². The molecule has 2 aromatic rings. The zero-order valence-corrected chi connectivity index (χ0v) is 15.1. The van der Waals surface area contributed by atoms with Crippen molar-refractivity contribution in [3.05, 3.63) is 59.4 Å². The summed E-state index contributed by atoms with van der Waals surface area (Å²) in [5.41, 5.74) is 0.918. The molecule has 3 rings (SSSR count). The van der Waals surface area contributed by atoms with Crippen LogP contribution in [0, 0.1) is 0 Å². The molecule has 1 fully saturated rings. The molecule has 0 radical (unpaired) electrons. The van der Waals surface area contributed by atoms with E-state index in [1.54, 1.807) is 41.3 Å². The lowest BCUT2D eigenvalue weighted by Crippen LogP contribution is -2.36. The van der Waals surface area contributed by atoms with Crippen LogP contribution in [0.3, 0.4) is 0 Å². The van der Waals surface area contributed by atoms with Crippen LogP contribution in [-0.4, -0.2) is 47.9 Å². The third kappa shape index (κ3) is 4.31. The Balaban J connectivity index is 1.78. The van der Waals surface area contributed by atoms with Gasteiger partial charge in [0, 0.05) is 13.1 Å². The summed E-state index contributed by atoms with van der Waals surface area (Å²) < 4.78 is 4.73. The first kappa shape index (κ1) is 18.6. The molecule has 1 aliphatic rings. The minimum absolute atomic E-state index is 0.109. The minimum Gasteiger partial charge on any atom is -0.465 e. The zero-order chi connectivity index (χ0) is 19.2. The number of pyridine rings is 1. The molecule has 1 aliphatic heterocycles. The number of rotatable bonds is 4. The predicted octanol–water partition coefficient (Wildman–Crippen LogP) is 2.75. The number of nitrogens with one attached hydrogen (secondary N) is 1. The van der Waals surface area contributed by atoms with Crippen LogP contribution in [0.1, 0.15) is 50.6 Å². The highest BCUT2D eigenvalue weighted by atomic mass is 16.5. The van der Waals surface area contributed by atoms with Crippen molar-refractivity contribution in [2.45, 2.75) is 19.3 Å². The molecule has 7 nitrogen and oxygen atoms in total. The molecule has 0 unspecified atom stereocenters. The van der Waals surface area contributed by atoms with Gasteiger partial charge >= 0.3 is 5.97 Å². The Labute approximate surface area is 157 Å². The van der Waals surface area contributed by atoms with Gasteiger partial charge in [-0.1, -0.05) is 18.2 Å².